The number of allylic oxidation sites excluding steroid dienone is 2. The maximum Gasteiger partial charge on any atom is 0.303 e. The Kier molecular flexibility index (Phi) is 9.63. The molecule has 20 atom stereocenters. The quantitative estimate of drug-likeness (QED) is 0.251. The molecule has 310 valence electrons. The highest BCUT2D eigenvalue weighted by Crippen LogP contribution is 2.85. The fourth-order valence-electron chi connectivity index (χ4n) is 21.0. The summed E-state index contributed by atoms with van der Waals surface area (Å²) in [6.07, 6.45) is 30.6. The summed E-state index contributed by atoms with van der Waals surface area (Å²) in [4.78, 5) is 11.1. The van der Waals surface area contributed by atoms with Gasteiger partial charge in [-0.05, 0) is 251 Å². The van der Waals surface area contributed by atoms with Crippen molar-refractivity contribution in [3.63, 3.8) is 0 Å². The topological polar surface area (TPSA) is 37.3 Å². The summed E-state index contributed by atoms with van der Waals surface area (Å²) in [6.45, 7) is 25.5. The zero-order chi connectivity index (χ0) is 39.1. The lowest BCUT2D eigenvalue weighted by atomic mass is 9.44. The van der Waals surface area contributed by atoms with E-state index >= 15 is 0 Å². The van der Waals surface area contributed by atoms with Crippen molar-refractivity contribution < 1.29 is 9.90 Å². The first-order valence-corrected chi connectivity index (χ1v) is 24.8. The molecule has 10 aliphatic carbocycles. The molecule has 0 aromatic carbocycles. The van der Waals surface area contributed by atoms with E-state index in [-0.39, 0.29) is 0 Å². The van der Waals surface area contributed by atoms with Gasteiger partial charge < -0.3 is 5.11 Å². The number of rotatable bonds is 8. The summed E-state index contributed by atoms with van der Waals surface area (Å²) < 4.78 is 0. The highest BCUT2D eigenvalue weighted by Gasteiger charge is 2.77. The number of hydrogen-bond acceptors (Lipinski definition) is 1. The van der Waals surface area contributed by atoms with Crippen LogP contribution in [0.3, 0.4) is 0 Å². The molecule has 55 heavy (non-hydrogen) atoms. The smallest absolute Gasteiger partial charge is 0.303 e. The highest BCUT2D eigenvalue weighted by molar-refractivity contribution is 5.66. The van der Waals surface area contributed by atoms with Crippen LogP contribution in [0.2, 0.25) is 0 Å². The highest BCUT2D eigenvalue weighted by atomic mass is 16.4. The first-order valence-electron chi connectivity index (χ1n) is 24.8. The predicted molar refractivity (Wildman–Crippen MR) is 228 cm³/mol. The Morgan fingerprint density at radius 2 is 1.09 bits per heavy atom. The van der Waals surface area contributed by atoms with Crippen LogP contribution in [0.1, 0.15) is 198 Å². The van der Waals surface area contributed by atoms with Crippen LogP contribution in [0.25, 0.3) is 0 Å². The van der Waals surface area contributed by atoms with E-state index in [0.29, 0.717) is 34.0 Å². The molecule has 10 fully saturated rings. The third kappa shape index (κ3) is 5.44. The molecular formula is C53H86O2. The minimum atomic E-state index is -0.621. The summed E-state index contributed by atoms with van der Waals surface area (Å²) in [7, 11) is 0. The van der Waals surface area contributed by atoms with Crippen LogP contribution in [-0.2, 0) is 4.79 Å². The molecule has 2 spiro atoms. The molecule has 0 amide bonds. The van der Waals surface area contributed by atoms with Gasteiger partial charge in [0.2, 0.25) is 0 Å². The molecule has 0 saturated heterocycles. The Hall–Kier alpha value is -0.790. The average molecular weight is 755 g/mol. The molecule has 0 aromatic rings. The van der Waals surface area contributed by atoms with Crippen LogP contribution in [0, 0.1) is 115 Å². The number of carboxylic acids is 1. The number of carbonyl (C=O) groups is 1. The van der Waals surface area contributed by atoms with E-state index in [0.717, 1.165) is 94.2 Å². The van der Waals surface area contributed by atoms with Crippen LogP contribution in [0.15, 0.2) is 11.6 Å². The average Bonchev–Trinajstić information content (AvgIpc) is 3.87. The van der Waals surface area contributed by atoms with Crippen molar-refractivity contribution in [2.24, 2.45) is 115 Å². The monoisotopic (exact) mass is 755 g/mol. The summed E-state index contributed by atoms with van der Waals surface area (Å²) in [5.74, 6) is 12.7. The van der Waals surface area contributed by atoms with Crippen molar-refractivity contribution in [3.05, 3.63) is 11.6 Å². The van der Waals surface area contributed by atoms with Gasteiger partial charge >= 0.3 is 5.97 Å². The summed E-state index contributed by atoms with van der Waals surface area (Å²) in [6, 6.07) is 0. The second-order valence-corrected chi connectivity index (χ2v) is 25.0. The van der Waals surface area contributed by atoms with Crippen molar-refractivity contribution in [2.75, 3.05) is 0 Å². The van der Waals surface area contributed by atoms with E-state index in [2.05, 4.69) is 75.3 Å². The third-order valence-corrected chi connectivity index (χ3v) is 23.5. The minimum absolute atomic E-state index is 0.351. The lowest BCUT2D eigenvalue weighted by Gasteiger charge is -2.61. The van der Waals surface area contributed by atoms with E-state index in [4.69, 9.17) is 5.11 Å². The summed E-state index contributed by atoms with van der Waals surface area (Å²) in [5, 5.41) is 9.13. The second-order valence-electron chi connectivity index (χ2n) is 25.0. The molecule has 10 unspecified atom stereocenters. The second kappa shape index (κ2) is 13.4. The normalized spacial score (nSPS) is 55.7. The van der Waals surface area contributed by atoms with Crippen molar-refractivity contribution in [2.45, 2.75) is 198 Å². The molecule has 2 heteroatoms. The summed E-state index contributed by atoms with van der Waals surface area (Å²) >= 11 is 0. The van der Waals surface area contributed by atoms with Gasteiger partial charge in [0.05, 0.1) is 0 Å². The molecule has 10 aliphatic rings. The molecule has 0 bridgehead atoms. The van der Waals surface area contributed by atoms with E-state index < -0.39 is 5.97 Å². The van der Waals surface area contributed by atoms with Gasteiger partial charge in [-0.15, -0.1) is 0 Å². The third-order valence-electron chi connectivity index (χ3n) is 23.5. The van der Waals surface area contributed by atoms with Crippen molar-refractivity contribution in [1.29, 1.82) is 0 Å². The van der Waals surface area contributed by atoms with Crippen LogP contribution < -0.4 is 0 Å². The van der Waals surface area contributed by atoms with Crippen LogP contribution >= 0.6 is 0 Å². The zero-order valence-corrected chi connectivity index (χ0v) is 37.7. The van der Waals surface area contributed by atoms with Gasteiger partial charge in [-0.1, -0.05) is 67.0 Å². The zero-order valence-electron chi connectivity index (χ0n) is 37.7. The molecule has 10 rings (SSSR count). The first-order chi connectivity index (χ1) is 26.0. The Labute approximate surface area is 339 Å². The fraction of sp³-hybridized carbons (Fsp3) is 0.943. The minimum Gasteiger partial charge on any atom is -0.481 e. The maximum atomic E-state index is 11.1. The van der Waals surface area contributed by atoms with Gasteiger partial charge in [0.1, 0.15) is 0 Å². The van der Waals surface area contributed by atoms with Crippen molar-refractivity contribution in [1.82, 2.24) is 0 Å². The van der Waals surface area contributed by atoms with E-state index in [1.165, 1.54) is 69.8 Å². The molecular weight excluding hydrogens is 669 g/mol. The molecule has 0 aliphatic heterocycles. The number of aliphatic carboxylic acids is 1. The Bertz CT molecular complexity index is 1520. The number of fused-ring (bicyclic) bond motifs is 8. The van der Waals surface area contributed by atoms with Gasteiger partial charge in [-0.25, -0.2) is 0 Å². The van der Waals surface area contributed by atoms with E-state index in [9.17, 15) is 4.79 Å². The molecule has 10 saturated carbocycles. The van der Waals surface area contributed by atoms with Crippen molar-refractivity contribution in [3.8, 4) is 0 Å². The van der Waals surface area contributed by atoms with Gasteiger partial charge in [0, 0.05) is 6.42 Å². The van der Waals surface area contributed by atoms with Gasteiger partial charge in [-0.3, -0.25) is 4.79 Å². The maximum absolute atomic E-state index is 11.1. The van der Waals surface area contributed by atoms with Crippen LogP contribution in [0.4, 0.5) is 0 Å². The van der Waals surface area contributed by atoms with Gasteiger partial charge in [-0.2, -0.15) is 0 Å². The molecule has 0 heterocycles. The largest absolute Gasteiger partial charge is 0.481 e. The molecule has 0 aromatic heterocycles. The lowest BCUT2D eigenvalue weighted by Crippen LogP contribution is -2.54. The lowest BCUT2D eigenvalue weighted by molar-refractivity contribution is -0.138. The molecule has 0 radical (unpaired) electrons. The van der Waals surface area contributed by atoms with Crippen LogP contribution in [-0.4, -0.2) is 11.1 Å². The van der Waals surface area contributed by atoms with Gasteiger partial charge in [0.15, 0.2) is 0 Å². The first kappa shape index (κ1) is 39.7. The Morgan fingerprint density at radius 3 is 1.51 bits per heavy atom. The van der Waals surface area contributed by atoms with Crippen LogP contribution in [0.5, 0.6) is 0 Å². The standard InChI is InChI=1S/C28H46.C25H40O2/c1-18(2)8-7-9-19(3)23-10-11-24-22-16-20(4)28-17-21(28)12-15-27(28,6)25(22)13-14-26(23,24)5;1-15(5-8-22(26)27)19-6-7-20-18-13-16(2)25-14-17(25)9-12-24(25,4)21(18)10-11-23(19,20)3/h8,19-25H,7,9-17H2,1-6H3;15-21H,5-14H2,1-4H3,(H,26,27)/t19-,20-,21-,22?,23?,24?,25?,26-,27-,28?;15-,16-,17-,18?,19?,20?,21?,23-,24-,25?/m11/s1. The van der Waals surface area contributed by atoms with E-state index in [1.807, 2.05) is 0 Å². The SMILES string of the molecule is CC(C)=CCC[C@@H](C)C1CCC2C3C[C@@H](C)C45C[C@H]4CC[C@]5(C)C3CC[C@@]21C.C[C@H](CCC(=O)O)C1CCC2C3C[C@@H](C)C45C[C@H]4CC[C@]5(C)C3CC[C@@]21C. The Morgan fingerprint density at radius 1 is 0.636 bits per heavy atom. The van der Waals surface area contributed by atoms with Gasteiger partial charge in [0.25, 0.3) is 0 Å². The molecule has 1 N–H and O–H groups in total. The summed E-state index contributed by atoms with van der Waals surface area (Å²) in [5.41, 5.74) is 5.47. The Balaban J connectivity index is 0.000000144. The number of hydrogen-bond donors (Lipinski definition) is 1. The molecule has 2 nitrogen and oxygen atoms in total. The predicted octanol–water partition coefficient (Wildman–Crippen LogP) is 14.7. The number of carboxylic acid groups (broad SMARTS) is 1. The fourth-order valence-corrected chi connectivity index (χ4v) is 21.0. The van der Waals surface area contributed by atoms with E-state index in [1.54, 1.807) is 51.4 Å². The van der Waals surface area contributed by atoms with Crippen molar-refractivity contribution >= 4 is 5.97 Å².